The van der Waals surface area contributed by atoms with Crippen molar-refractivity contribution in [2.75, 3.05) is 19.0 Å². The van der Waals surface area contributed by atoms with E-state index in [0.29, 0.717) is 12.5 Å². The first kappa shape index (κ1) is 16.5. The third kappa shape index (κ3) is 4.14. The van der Waals surface area contributed by atoms with E-state index in [1.807, 2.05) is 46.6 Å². The number of ether oxygens (including phenoxy) is 2. The van der Waals surface area contributed by atoms with Gasteiger partial charge in [-0.1, -0.05) is 22.6 Å². The molecule has 0 aliphatic heterocycles. The van der Waals surface area contributed by atoms with Crippen molar-refractivity contribution in [1.29, 1.82) is 0 Å². The predicted octanol–water partition coefficient (Wildman–Crippen LogP) is 4.71. The average Bonchev–Trinajstić information content (AvgIpc) is 2.62. The highest BCUT2D eigenvalue weighted by molar-refractivity contribution is 14.1. The molecule has 2 aromatic heterocycles. The Bertz CT molecular complexity index is 851. The summed E-state index contributed by atoms with van der Waals surface area (Å²) in [5.74, 6) is 2.17. The zero-order valence-electron chi connectivity index (χ0n) is 13.1. The van der Waals surface area contributed by atoms with E-state index in [9.17, 15) is 0 Å². The van der Waals surface area contributed by atoms with Gasteiger partial charge in [0.2, 0.25) is 5.88 Å². The first-order valence-corrected chi connectivity index (χ1v) is 8.59. The molecule has 0 amide bonds. The first-order chi connectivity index (χ1) is 11.8. The summed E-state index contributed by atoms with van der Waals surface area (Å²) in [4.78, 5) is 8.78. The number of halogens is 1. The molecule has 0 spiro atoms. The van der Waals surface area contributed by atoms with Crippen molar-refractivity contribution in [3.8, 4) is 11.6 Å². The van der Waals surface area contributed by atoms with E-state index in [0.717, 1.165) is 28.2 Å². The summed E-state index contributed by atoms with van der Waals surface area (Å²) in [5, 5.41) is 4.27. The number of benzene rings is 1. The lowest BCUT2D eigenvalue weighted by atomic mass is 10.2. The number of hydrogen-bond donors (Lipinski definition) is 1. The van der Waals surface area contributed by atoms with E-state index in [1.54, 1.807) is 19.4 Å². The molecule has 1 aromatic carbocycles. The van der Waals surface area contributed by atoms with Crippen LogP contribution in [0.15, 0.2) is 58.8 Å². The minimum atomic E-state index is 0.561. The molecular formula is C18H16IN3O2. The van der Waals surface area contributed by atoms with Crippen molar-refractivity contribution in [2.24, 2.45) is 0 Å². The predicted molar refractivity (Wildman–Crippen MR) is 104 cm³/mol. The van der Waals surface area contributed by atoms with E-state index in [1.165, 1.54) is 0 Å². The quantitative estimate of drug-likeness (QED) is 0.573. The summed E-state index contributed by atoms with van der Waals surface area (Å²) in [6.45, 7) is 0.561. The summed E-state index contributed by atoms with van der Waals surface area (Å²) in [5.41, 5.74) is 1.76. The number of nitrogens with one attached hydrogen (secondary N) is 1. The van der Waals surface area contributed by atoms with Crippen LogP contribution in [0.2, 0.25) is 0 Å². The molecule has 0 aliphatic rings. The van der Waals surface area contributed by atoms with Crippen molar-refractivity contribution in [1.82, 2.24) is 9.97 Å². The minimum Gasteiger partial charge on any atom is -0.489 e. The third-order valence-electron chi connectivity index (χ3n) is 3.31. The Kier molecular flexibility index (Phi) is 5.47. The molecule has 0 bridgehead atoms. The fourth-order valence-corrected chi connectivity index (χ4v) is 2.37. The Morgan fingerprint density at radius 1 is 1.17 bits per heavy atom. The number of aromatic nitrogens is 2. The van der Waals surface area contributed by atoms with Crippen LogP contribution in [0.3, 0.4) is 0 Å². The standard InChI is InChI=1S/C18H16IN3O2/c1-23-18-8-4-14(12-20-18)21-17-7-3-13-11-15(24-10-2-9-19)5-6-16(13)22-17/h2-9,11-12H,10H2,1H3,(H,21,22)/b9-2+/i19-2. The number of nitrogens with zero attached hydrogens (tertiary/aromatic N) is 2. The summed E-state index contributed by atoms with van der Waals surface area (Å²) in [7, 11) is 1.59. The van der Waals surface area contributed by atoms with E-state index in [-0.39, 0.29) is 0 Å². The molecule has 0 saturated heterocycles. The number of pyridine rings is 2. The highest BCUT2D eigenvalue weighted by Crippen LogP contribution is 2.23. The second kappa shape index (κ2) is 7.96. The van der Waals surface area contributed by atoms with Gasteiger partial charge in [-0.05, 0) is 46.6 Å². The van der Waals surface area contributed by atoms with Crippen molar-refractivity contribution in [2.45, 2.75) is 0 Å². The molecule has 3 rings (SSSR count). The van der Waals surface area contributed by atoms with E-state index in [4.69, 9.17) is 9.47 Å². The Hall–Kier alpha value is -2.35. The number of methoxy groups -OCH3 is 1. The van der Waals surface area contributed by atoms with Crippen molar-refractivity contribution < 1.29 is 9.47 Å². The Balaban J connectivity index is 1.76. The van der Waals surface area contributed by atoms with Gasteiger partial charge in [0, 0.05) is 11.5 Å². The first-order valence-electron chi connectivity index (χ1n) is 7.34. The maximum atomic E-state index is 5.65. The topological polar surface area (TPSA) is 56.3 Å². The largest absolute Gasteiger partial charge is 0.489 e. The van der Waals surface area contributed by atoms with Crippen LogP contribution < -0.4 is 14.8 Å². The minimum absolute atomic E-state index is 0.561. The lowest BCUT2D eigenvalue weighted by molar-refractivity contribution is 0.363. The van der Waals surface area contributed by atoms with Crippen LogP contribution >= 0.6 is 22.6 Å². The number of hydrogen-bond acceptors (Lipinski definition) is 5. The Morgan fingerprint density at radius 2 is 2.08 bits per heavy atom. The molecule has 0 atom stereocenters. The summed E-state index contributed by atoms with van der Waals surface area (Å²) < 4.78 is 12.6. The van der Waals surface area contributed by atoms with Crippen LogP contribution in [0.1, 0.15) is 0 Å². The van der Waals surface area contributed by atoms with Crippen LogP contribution in [0.25, 0.3) is 10.9 Å². The second-order valence-corrected chi connectivity index (χ2v) is 5.66. The average molecular weight is 431 g/mol. The van der Waals surface area contributed by atoms with Gasteiger partial charge in [0.05, 0.1) is 24.5 Å². The normalized spacial score (nSPS) is 10.9. The van der Waals surface area contributed by atoms with Gasteiger partial charge >= 0.3 is 0 Å². The molecule has 1 N–H and O–H groups in total. The van der Waals surface area contributed by atoms with Crippen LogP contribution in [0, 0.1) is 0 Å². The van der Waals surface area contributed by atoms with Crippen molar-refractivity contribution >= 4 is 45.0 Å². The highest BCUT2D eigenvalue weighted by Gasteiger charge is 2.02. The molecule has 0 fully saturated rings. The lowest BCUT2D eigenvalue weighted by Gasteiger charge is -2.08. The molecular weight excluding hydrogens is 415 g/mol. The summed E-state index contributed by atoms with van der Waals surface area (Å²) >= 11 is 2.17. The number of rotatable bonds is 6. The van der Waals surface area contributed by atoms with Crippen LogP contribution in [-0.2, 0) is 0 Å². The molecule has 0 radical (unpaired) electrons. The molecule has 2 heterocycles. The second-order valence-electron chi connectivity index (χ2n) is 4.94. The van der Waals surface area contributed by atoms with Gasteiger partial charge in [0.15, 0.2) is 0 Å². The Labute approximate surface area is 153 Å². The van der Waals surface area contributed by atoms with Gasteiger partial charge < -0.3 is 14.8 Å². The van der Waals surface area contributed by atoms with Crippen LogP contribution in [-0.4, -0.2) is 23.7 Å². The van der Waals surface area contributed by atoms with Crippen molar-refractivity contribution in [3.63, 3.8) is 0 Å². The van der Waals surface area contributed by atoms with Crippen LogP contribution in [0.5, 0.6) is 11.6 Å². The molecule has 122 valence electrons. The molecule has 0 saturated carbocycles. The van der Waals surface area contributed by atoms with Gasteiger partial charge in [0.1, 0.15) is 18.2 Å². The third-order valence-corrected chi connectivity index (χ3v) is 3.82. The lowest BCUT2D eigenvalue weighted by Crippen LogP contribution is -1.96. The summed E-state index contributed by atoms with van der Waals surface area (Å²) in [6, 6.07) is 13.5. The van der Waals surface area contributed by atoms with Gasteiger partial charge in [0.25, 0.3) is 0 Å². The van der Waals surface area contributed by atoms with E-state index in [2.05, 4.69) is 37.9 Å². The number of anilines is 2. The Morgan fingerprint density at radius 3 is 2.83 bits per heavy atom. The van der Waals surface area contributed by atoms with E-state index >= 15 is 0 Å². The number of fused-ring (bicyclic) bond motifs is 1. The summed E-state index contributed by atoms with van der Waals surface area (Å²) in [6.07, 6.45) is 3.67. The monoisotopic (exact) mass is 431 g/mol. The molecule has 0 aliphatic carbocycles. The molecule has 0 unspecified atom stereocenters. The zero-order valence-corrected chi connectivity index (χ0v) is 15.2. The van der Waals surface area contributed by atoms with Gasteiger partial charge in [-0.15, -0.1) is 0 Å². The van der Waals surface area contributed by atoms with Gasteiger partial charge in [-0.2, -0.15) is 0 Å². The molecule has 5 nitrogen and oxygen atoms in total. The molecule has 3 aromatic rings. The van der Waals surface area contributed by atoms with Crippen LogP contribution in [0.4, 0.5) is 11.5 Å². The smallest absolute Gasteiger partial charge is 0.213 e. The molecule has 6 heteroatoms. The van der Waals surface area contributed by atoms with Gasteiger partial charge in [-0.25, -0.2) is 9.97 Å². The zero-order chi connectivity index (χ0) is 16.8. The van der Waals surface area contributed by atoms with E-state index < -0.39 is 0 Å². The maximum absolute atomic E-state index is 5.65. The fraction of sp³-hybridized carbons (Fsp3) is 0.111. The fourth-order valence-electron chi connectivity index (χ4n) is 2.17. The SMILES string of the molecule is COc1ccc(Nc2ccc3cc(OC/C=C/[125I])ccc3n2)cn1. The maximum Gasteiger partial charge on any atom is 0.213 e. The van der Waals surface area contributed by atoms with Gasteiger partial charge in [-0.3, -0.25) is 0 Å². The molecule has 24 heavy (non-hydrogen) atoms. The highest BCUT2D eigenvalue weighted by atomic mass is 125. The van der Waals surface area contributed by atoms with Crippen molar-refractivity contribution in [3.05, 3.63) is 58.8 Å².